The summed E-state index contributed by atoms with van der Waals surface area (Å²) >= 11 is 0. The van der Waals surface area contributed by atoms with Gasteiger partial charge < -0.3 is 4.74 Å². The van der Waals surface area contributed by atoms with E-state index in [9.17, 15) is 4.79 Å². The van der Waals surface area contributed by atoms with Crippen molar-refractivity contribution in [2.75, 3.05) is 6.61 Å². The Balaban J connectivity index is 2.13. The summed E-state index contributed by atoms with van der Waals surface area (Å²) in [6.07, 6.45) is 3.00. The Bertz CT molecular complexity index is 140. The lowest BCUT2D eigenvalue weighted by molar-refractivity contribution is -0.137. The summed E-state index contributed by atoms with van der Waals surface area (Å²) in [4.78, 5) is 10.7. The number of cyclic esters (lactones) is 1. The van der Waals surface area contributed by atoms with E-state index >= 15 is 0 Å². The summed E-state index contributed by atoms with van der Waals surface area (Å²) in [5.41, 5.74) is 0. The molecule has 0 unspecified atom stereocenters. The summed E-state index contributed by atoms with van der Waals surface area (Å²) < 4.78 is 4.86. The van der Waals surface area contributed by atoms with Gasteiger partial charge in [0.2, 0.25) is 0 Å². The van der Waals surface area contributed by atoms with Crippen LogP contribution in [0.4, 0.5) is 0 Å². The second kappa shape index (κ2) is 3.74. The van der Waals surface area contributed by atoms with E-state index < -0.39 is 0 Å². The molecule has 0 aromatic carbocycles. The van der Waals surface area contributed by atoms with Crippen LogP contribution < -0.4 is 0 Å². The van der Waals surface area contributed by atoms with Crippen LogP contribution in [-0.4, -0.2) is 12.6 Å². The predicted molar refractivity (Wildman–Crippen MR) is 43.1 cm³/mol. The standard InChI is InChI=1S/C9H16O2/c1-7(2)3-4-8-5-9(10)11-6-8/h7-8H,3-6H2,1-2H3/t8-/m1/s1. The number of carbonyl (C=O) groups is 1. The van der Waals surface area contributed by atoms with Gasteiger partial charge in [-0.2, -0.15) is 0 Å². The van der Waals surface area contributed by atoms with Crippen LogP contribution in [0.5, 0.6) is 0 Å². The molecule has 0 spiro atoms. The first kappa shape index (κ1) is 8.57. The van der Waals surface area contributed by atoms with Gasteiger partial charge in [0.05, 0.1) is 13.0 Å². The Labute approximate surface area is 67.9 Å². The molecular weight excluding hydrogens is 140 g/mol. The van der Waals surface area contributed by atoms with Gasteiger partial charge in [-0.05, 0) is 12.3 Å². The second-order valence-corrected chi connectivity index (χ2v) is 3.72. The van der Waals surface area contributed by atoms with Gasteiger partial charge in [-0.1, -0.05) is 20.3 Å². The molecule has 0 amide bonds. The maximum absolute atomic E-state index is 10.7. The Kier molecular flexibility index (Phi) is 2.92. The average Bonchev–Trinajstić information content (AvgIpc) is 2.31. The zero-order valence-corrected chi connectivity index (χ0v) is 7.30. The van der Waals surface area contributed by atoms with E-state index in [4.69, 9.17) is 4.74 Å². The molecule has 1 fully saturated rings. The van der Waals surface area contributed by atoms with Crippen LogP contribution in [-0.2, 0) is 9.53 Å². The SMILES string of the molecule is CC(C)CC[C@H]1COC(=O)C1. The van der Waals surface area contributed by atoms with E-state index in [2.05, 4.69) is 13.8 Å². The first-order valence-electron chi connectivity index (χ1n) is 4.34. The maximum Gasteiger partial charge on any atom is 0.306 e. The number of carbonyl (C=O) groups excluding carboxylic acids is 1. The Hall–Kier alpha value is -0.530. The third-order valence-corrected chi connectivity index (χ3v) is 2.09. The van der Waals surface area contributed by atoms with Gasteiger partial charge in [0, 0.05) is 5.92 Å². The fourth-order valence-corrected chi connectivity index (χ4v) is 1.32. The van der Waals surface area contributed by atoms with Crippen LogP contribution in [0.25, 0.3) is 0 Å². The van der Waals surface area contributed by atoms with Crippen molar-refractivity contribution in [3.63, 3.8) is 0 Å². The molecule has 0 saturated carbocycles. The molecule has 0 aromatic rings. The minimum atomic E-state index is -0.0150. The van der Waals surface area contributed by atoms with Crippen LogP contribution in [0.3, 0.4) is 0 Å². The normalized spacial score (nSPS) is 24.3. The van der Waals surface area contributed by atoms with Crippen LogP contribution in [0.1, 0.15) is 33.1 Å². The van der Waals surface area contributed by atoms with Crippen LogP contribution in [0, 0.1) is 11.8 Å². The van der Waals surface area contributed by atoms with Gasteiger partial charge in [-0.15, -0.1) is 0 Å². The highest BCUT2D eigenvalue weighted by atomic mass is 16.5. The van der Waals surface area contributed by atoms with Crippen molar-refractivity contribution in [3.05, 3.63) is 0 Å². The molecule has 64 valence electrons. The molecule has 0 bridgehead atoms. The van der Waals surface area contributed by atoms with E-state index in [1.165, 1.54) is 6.42 Å². The largest absolute Gasteiger partial charge is 0.465 e. The van der Waals surface area contributed by atoms with Gasteiger partial charge in [-0.25, -0.2) is 0 Å². The molecule has 1 saturated heterocycles. The van der Waals surface area contributed by atoms with E-state index in [1.807, 2.05) is 0 Å². The fraction of sp³-hybridized carbons (Fsp3) is 0.889. The number of hydrogen-bond acceptors (Lipinski definition) is 2. The zero-order chi connectivity index (χ0) is 8.27. The Morgan fingerprint density at radius 3 is 2.82 bits per heavy atom. The molecule has 11 heavy (non-hydrogen) atoms. The third kappa shape index (κ3) is 2.91. The van der Waals surface area contributed by atoms with Crippen molar-refractivity contribution in [3.8, 4) is 0 Å². The van der Waals surface area contributed by atoms with Gasteiger partial charge >= 0.3 is 5.97 Å². The van der Waals surface area contributed by atoms with E-state index in [0.29, 0.717) is 18.9 Å². The number of esters is 1. The summed E-state index contributed by atoms with van der Waals surface area (Å²) in [6.45, 7) is 5.07. The summed E-state index contributed by atoms with van der Waals surface area (Å²) in [5.74, 6) is 1.23. The summed E-state index contributed by atoms with van der Waals surface area (Å²) in [7, 11) is 0. The van der Waals surface area contributed by atoms with Gasteiger partial charge in [-0.3, -0.25) is 4.79 Å². The number of rotatable bonds is 3. The molecule has 1 heterocycles. The Morgan fingerprint density at radius 2 is 2.36 bits per heavy atom. The molecule has 2 nitrogen and oxygen atoms in total. The zero-order valence-electron chi connectivity index (χ0n) is 7.30. The van der Waals surface area contributed by atoms with Crippen molar-refractivity contribution in [2.24, 2.45) is 11.8 Å². The Morgan fingerprint density at radius 1 is 1.64 bits per heavy atom. The van der Waals surface area contributed by atoms with Gasteiger partial charge in [0.1, 0.15) is 0 Å². The van der Waals surface area contributed by atoms with E-state index in [1.54, 1.807) is 0 Å². The minimum absolute atomic E-state index is 0.0150. The lowest BCUT2D eigenvalue weighted by Gasteiger charge is -2.07. The summed E-state index contributed by atoms with van der Waals surface area (Å²) in [6, 6.07) is 0. The quantitative estimate of drug-likeness (QED) is 0.584. The highest BCUT2D eigenvalue weighted by Crippen LogP contribution is 2.21. The van der Waals surface area contributed by atoms with Crippen molar-refractivity contribution < 1.29 is 9.53 Å². The molecule has 0 aromatic heterocycles. The molecule has 0 N–H and O–H groups in total. The van der Waals surface area contributed by atoms with Gasteiger partial charge in [0.25, 0.3) is 0 Å². The third-order valence-electron chi connectivity index (χ3n) is 2.09. The van der Waals surface area contributed by atoms with Crippen molar-refractivity contribution in [1.82, 2.24) is 0 Å². The predicted octanol–water partition coefficient (Wildman–Crippen LogP) is 1.99. The molecule has 1 atom stereocenters. The molecule has 0 radical (unpaired) electrons. The van der Waals surface area contributed by atoms with Crippen molar-refractivity contribution >= 4 is 5.97 Å². The first-order chi connectivity index (χ1) is 5.18. The monoisotopic (exact) mass is 156 g/mol. The lowest BCUT2D eigenvalue weighted by atomic mass is 9.97. The molecule has 1 aliphatic rings. The molecular formula is C9H16O2. The second-order valence-electron chi connectivity index (χ2n) is 3.72. The molecule has 1 rings (SSSR count). The molecule has 0 aliphatic carbocycles. The smallest absolute Gasteiger partial charge is 0.306 e. The lowest BCUT2D eigenvalue weighted by Crippen LogP contribution is -2.01. The number of ether oxygens (including phenoxy) is 1. The fourth-order valence-electron chi connectivity index (χ4n) is 1.32. The molecule has 1 aliphatic heterocycles. The minimum Gasteiger partial charge on any atom is -0.465 e. The van der Waals surface area contributed by atoms with Crippen LogP contribution in [0.15, 0.2) is 0 Å². The molecule has 2 heteroatoms. The summed E-state index contributed by atoms with van der Waals surface area (Å²) in [5, 5.41) is 0. The van der Waals surface area contributed by atoms with E-state index in [0.717, 1.165) is 12.3 Å². The van der Waals surface area contributed by atoms with Gasteiger partial charge in [0.15, 0.2) is 0 Å². The maximum atomic E-state index is 10.7. The first-order valence-corrected chi connectivity index (χ1v) is 4.34. The van der Waals surface area contributed by atoms with Crippen LogP contribution in [0.2, 0.25) is 0 Å². The number of hydrogen-bond donors (Lipinski definition) is 0. The highest BCUT2D eigenvalue weighted by molar-refractivity contribution is 5.71. The topological polar surface area (TPSA) is 26.3 Å². The average molecular weight is 156 g/mol. The van der Waals surface area contributed by atoms with E-state index in [-0.39, 0.29) is 5.97 Å². The highest BCUT2D eigenvalue weighted by Gasteiger charge is 2.23. The van der Waals surface area contributed by atoms with Crippen molar-refractivity contribution in [1.29, 1.82) is 0 Å². The van der Waals surface area contributed by atoms with Crippen LogP contribution >= 0.6 is 0 Å². The van der Waals surface area contributed by atoms with Crippen molar-refractivity contribution in [2.45, 2.75) is 33.1 Å².